The van der Waals surface area contributed by atoms with Crippen molar-refractivity contribution in [3.05, 3.63) is 24.2 Å². The number of hydrogen-bond acceptors (Lipinski definition) is 3. The molecule has 0 radical (unpaired) electrons. The number of halogens is 1. The van der Waals surface area contributed by atoms with Crippen molar-refractivity contribution in [1.82, 2.24) is 10.6 Å². The molecule has 1 heterocycles. The van der Waals surface area contributed by atoms with Crippen molar-refractivity contribution in [2.24, 2.45) is 4.99 Å². The summed E-state index contributed by atoms with van der Waals surface area (Å²) in [5, 5.41) is 7.56. The van der Waals surface area contributed by atoms with Gasteiger partial charge in [-0.3, -0.25) is 4.99 Å². The first-order chi connectivity index (χ1) is 10.3. The van der Waals surface area contributed by atoms with Crippen LogP contribution in [0, 0.1) is 0 Å². The van der Waals surface area contributed by atoms with Gasteiger partial charge in [-0.2, -0.15) is 11.8 Å². The van der Waals surface area contributed by atoms with Gasteiger partial charge in [0.2, 0.25) is 0 Å². The molecular weight excluding hydrogens is 409 g/mol. The van der Waals surface area contributed by atoms with Gasteiger partial charge in [-0.05, 0) is 31.2 Å². The van der Waals surface area contributed by atoms with Crippen LogP contribution in [-0.2, 0) is 6.42 Å². The Hall–Kier alpha value is -0.370. The second-order valence-corrected chi connectivity index (χ2v) is 6.89. The van der Waals surface area contributed by atoms with E-state index in [0.717, 1.165) is 31.2 Å². The van der Waals surface area contributed by atoms with E-state index < -0.39 is 0 Å². The van der Waals surface area contributed by atoms with Crippen molar-refractivity contribution in [2.45, 2.75) is 50.3 Å². The van der Waals surface area contributed by atoms with Crippen LogP contribution in [-0.4, -0.2) is 36.6 Å². The topological polar surface area (TPSA) is 49.6 Å². The second-order valence-electron chi connectivity index (χ2n) is 5.62. The molecule has 0 aromatic carbocycles. The van der Waals surface area contributed by atoms with Crippen molar-refractivity contribution < 1.29 is 4.42 Å². The Labute approximate surface area is 155 Å². The van der Waals surface area contributed by atoms with E-state index in [1.54, 1.807) is 6.26 Å². The number of hydrogen-bond donors (Lipinski definition) is 2. The highest BCUT2D eigenvalue weighted by molar-refractivity contribution is 14.0. The average molecular weight is 437 g/mol. The largest absolute Gasteiger partial charge is 0.469 e. The van der Waals surface area contributed by atoms with Crippen LogP contribution in [0.25, 0.3) is 0 Å². The predicted octanol–water partition coefficient (Wildman–Crippen LogP) is 3.67. The van der Waals surface area contributed by atoms with E-state index >= 15 is 0 Å². The summed E-state index contributed by atoms with van der Waals surface area (Å²) >= 11 is 1.85. The van der Waals surface area contributed by atoms with Crippen LogP contribution < -0.4 is 10.6 Å². The number of thioether (sulfide) groups is 1. The van der Waals surface area contributed by atoms with E-state index in [1.807, 2.05) is 23.9 Å². The van der Waals surface area contributed by atoms with E-state index in [0.29, 0.717) is 11.3 Å². The van der Waals surface area contributed by atoms with Crippen LogP contribution in [0.5, 0.6) is 0 Å². The van der Waals surface area contributed by atoms with Gasteiger partial charge in [0.15, 0.2) is 5.96 Å². The number of furan rings is 1. The molecule has 6 heteroatoms. The van der Waals surface area contributed by atoms with Crippen LogP contribution in [0.4, 0.5) is 0 Å². The van der Waals surface area contributed by atoms with E-state index in [4.69, 9.17) is 9.41 Å². The Morgan fingerprint density at radius 3 is 2.86 bits per heavy atom. The molecule has 0 aliphatic heterocycles. The third kappa shape index (κ3) is 7.26. The fraction of sp³-hybridized carbons (Fsp3) is 0.688. The molecule has 2 rings (SSSR count). The normalized spacial score (nSPS) is 17.1. The smallest absolute Gasteiger partial charge is 0.191 e. The molecule has 1 fully saturated rings. The lowest BCUT2D eigenvalue weighted by atomic mass is 10.2. The zero-order chi connectivity index (χ0) is 14.9. The first kappa shape index (κ1) is 19.7. The van der Waals surface area contributed by atoms with Crippen LogP contribution in [0.15, 0.2) is 27.8 Å². The molecule has 1 saturated carbocycles. The highest BCUT2D eigenvalue weighted by Gasteiger charge is 2.16. The number of nitrogens with zero attached hydrogens (tertiary/aromatic N) is 1. The third-order valence-electron chi connectivity index (χ3n) is 3.85. The molecule has 126 valence electrons. The zero-order valence-corrected chi connectivity index (χ0v) is 16.7. The summed E-state index contributed by atoms with van der Waals surface area (Å²) in [5.41, 5.74) is 0. The molecule has 0 amide bonds. The van der Waals surface area contributed by atoms with Gasteiger partial charge in [0.1, 0.15) is 5.76 Å². The number of aliphatic imine (C=N–C) groups is 1. The molecular formula is C16H28IN3OS. The molecule has 4 nitrogen and oxygen atoms in total. The van der Waals surface area contributed by atoms with E-state index in [-0.39, 0.29) is 24.0 Å². The monoisotopic (exact) mass is 437 g/mol. The molecule has 1 unspecified atom stereocenters. The lowest BCUT2D eigenvalue weighted by molar-refractivity contribution is 0.506. The molecule has 1 aliphatic rings. The maximum absolute atomic E-state index is 5.36. The van der Waals surface area contributed by atoms with Gasteiger partial charge in [-0.25, -0.2) is 0 Å². The Bertz CT molecular complexity index is 419. The first-order valence-electron chi connectivity index (χ1n) is 7.88. The summed E-state index contributed by atoms with van der Waals surface area (Å²) < 4.78 is 5.36. The van der Waals surface area contributed by atoms with Gasteiger partial charge in [-0.15, -0.1) is 24.0 Å². The molecule has 1 aliphatic carbocycles. The van der Waals surface area contributed by atoms with Crippen LogP contribution in [0.2, 0.25) is 0 Å². The quantitative estimate of drug-likeness (QED) is 0.388. The lowest BCUT2D eigenvalue weighted by Gasteiger charge is -2.18. The highest BCUT2D eigenvalue weighted by atomic mass is 127. The molecule has 1 aromatic rings. The zero-order valence-electron chi connectivity index (χ0n) is 13.5. The van der Waals surface area contributed by atoms with Crippen LogP contribution in [0.1, 0.15) is 38.4 Å². The van der Waals surface area contributed by atoms with Crippen LogP contribution >= 0.6 is 35.7 Å². The molecule has 2 N–H and O–H groups in total. The molecule has 0 bridgehead atoms. The highest BCUT2D eigenvalue weighted by Crippen LogP contribution is 2.17. The van der Waals surface area contributed by atoms with Crippen LogP contribution in [0.3, 0.4) is 0 Å². The first-order valence-corrected chi connectivity index (χ1v) is 9.16. The van der Waals surface area contributed by atoms with Crippen molar-refractivity contribution >= 4 is 41.7 Å². The summed E-state index contributed by atoms with van der Waals surface area (Å²) in [7, 11) is 0. The Kier molecular flexibility index (Phi) is 10.0. The van der Waals surface area contributed by atoms with E-state index in [1.165, 1.54) is 25.7 Å². The summed E-state index contributed by atoms with van der Waals surface area (Å²) in [5.74, 6) is 1.97. The number of nitrogens with one attached hydrogen (secondary N) is 2. The standard InChI is InChI=1S/C16H27N3OS.HI/c1-13(21-2)12-18-16(19-14-6-3-4-7-14)17-10-9-15-8-5-11-20-15;/h5,8,11,13-14H,3-4,6-7,9-10,12H2,1-2H3,(H2,17,18,19);1H. The minimum Gasteiger partial charge on any atom is -0.469 e. The Morgan fingerprint density at radius 2 is 2.23 bits per heavy atom. The Balaban J connectivity index is 0.00000242. The fourth-order valence-corrected chi connectivity index (χ4v) is 2.69. The van der Waals surface area contributed by atoms with Gasteiger partial charge in [0, 0.05) is 24.3 Å². The lowest BCUT2D eigenvalue weighted by Crippen LogP contribution is -2.43. The maximum Gasteiger partial charge on any atom is 0.191 e. The van der Waals surface area contributed by atoms with Gasteiger partial charge in [0.05, 0.1) is 12.8 Å². The third-order valence-corrected chi connectivity index (χ3v) is 4.80. The molecule has 1 aromatic heterocycles. The molecule has 0 saturated heterocycles. The summed E-state index contributed by atoms with van der Waals surface area (Å²) in [6, 6.07) is 4.53. The van der Waals surface area contributed by atoms with Crippen molar-refractivity contribution in [3.63, 3.8) is 0 Å². The Morgan fingerprint density at radius 1 is 1.45 bits per heavy atom. The van der Waals surface area contributed by atoms with Gasteiger partial charge < -0.3 is 15.1 Å². The predicted molar refractivity (Wildman–Crippen MR) is 107 cm³/mol. The van der Waals surface area contributed by atoms with Crippen molar-refractivity contribution in [1.29, 1.82) is 0 Å². The SMILES string of the molecule is CSC(C)CN=C(NCCc1ccco1)NC1CCCC1.I. The summed E-state index contributed by atoms with van der Waals surface area (Å²) in [6.45, 7) is 3.91. The summed E-state index contributed by atoms with van der Waals surface area (Å²) in [4.78, 5) is 4.72. The maximum atomic E-state index is 5.36. The average Bonchev–Trinajstić information content (AvgIpc) is 3.17. The summed E-state index contributed by atoms with van der Waals surface area (Å²) in [6.07, 6.45) is 9.93. The molecule has 22 heavy (non-hydrogen) atoms. The van der Waals surface area contributed by atoms with Gasteiger partial charge >= 0.3 is 0 Å². The van der Waals surface area contributed by atoms with Gasteiger partial charge in [-0.1, -0.05) is 19.8 Å². The fourth-order valence-electron chi connectivity index (χ4n) is 2.47. The van der Waals surface area contributed by atoms with E-state index in [9.17, 15) is 0 Å². The minimum absolute atomic E-state index is 0. The molecule has 1 atom stereocenters. The van der Waals surface area contributed by atoms with Crippen molar-refractivity contribution in [3.8, 4) is 0 Å². The molecule has 0 spiro atoms. The number of guanidine groups is 1. The van der Waals surface area contributed by atoms with E-state index in [2.05, 4.69) is 23.8 Å². The second kappa shape index (κ2) is 11.2. The van der Waals surface area contributed by atoms with Gasteiger partial charge in [0.25, 0.3) is 0 Å². The van der Waals surface area contributed by atoms with Crippen molar-refractivity contribution in [2.75, 3.05) is 19.3 Å². The minimum atomic E-state index is 0. The number of rotatable bonds is 7.